The predicted octanol–water partition coefficient (Wildman–Crippen LogP) is 2.81. The van der Waals surface area contributed by atoms with Crippen LogP contribution in [0.25, 0.3) is 0 Å². The van der Waals surface area contributed by atoms with Crippen LogP contribution in [-0.2, 0) is 0 Å². The second-order valence-electron chi connectivity index (χ2n) is 3.90. The van der Waals surface area contributed by atoms with E-state index in [-0.39, 0.29) is 6.61 Å². The monoisotopic (exact) mass is 303 g/mol. The van der Waals surface area contributed by atoms with Gasteiger partial charge in [0.1, 0.15) is 0 Å². The van der Waals surface area contributed by atoms with Crippen molar-refractivity contribution in [3.05, 3.63) is 34.3 Å². The number of nitrogens with two attached hydrogens (primary N) is 1. The van der Waals surface area contributed by atoms with Gasteiger partial charge in [0.15, 0.2) is 0 Å². The minimum absolute atomic E-state index is 0.239. The molecule has 0 spiro atoms. The first-order valence-corrected chi connectivity index (χ1v) is 7.19. The highest BCUT2D eigenvalue weighted by atomic mass is 79.9. The molecule has 1 aromatic carbocycles. The Morgan fingerprint density at radius 3 is 2.81 bits per heavy atom. The SMILES string of the molecule is CC(CO)CSC(CN)c1cccc(Br)c1. The summed E-state index contributed by atoms with van der Waals surface area (Å²) >= 11 is 5.27. The zero-order chi connectivity index (χ0) is 12.0. The Morgan fingerprint density at radius 2 is 2.25 bits per heavy atom. The summed E-state index contributed by atoms with van der Waals surface area (Å²) < 4.78 is 1.08. The van der Waals surface area contributed by atoms with E-state index >= 15 is 0 Å². The zero-order valence-electron chi connectivity index (χ0n) is 9.40. The van der Waals surface area contributed by atoms with Gasteiger partial charge in [0.2, 0.25) is 0 Å². The molecule has 1 rings (SSSR count). The molecule has 0 aliphatic carbocycles. The molecule has 90 valence electrons. The van der Waals surface area contributed by atoms with E-state index in [1.54, 1.807) is 0 Å². The molecule has 2 atom stereocenters. The summed E-state index contributed by atoms with van der Waals surface area (Å²) in [5, 5.41) is 9.29. The third kappa shape index (κ3) is 4.45. The Balaban J connectivity index is 2.60. The van der Waals surface area contributed by atoms with Gasteiger partial charge in [-0.25, -0.2) is 0 Å². The molecule has 0 radical (unpaired) electrons. The molecule has 1 aromatic rings. The molecule has 2 unspecified atom stereocenters. The van der Waals surface area contributed by atoms with Crippen LogP contribution < -0.4 is 5.73 Å². The van der Waals surface area contributed by atoms with Crippen molar-refractivity contribution in [2.75, 3.05) is 18.9 Å². The molecule has 16 heavy (non-hydrogen) atoms. The third-order valence-electron chi connectivity index (χ3n) is 2.33. The van der Waals surface area contributed by atoms with Crippen molar-refractivity contribution in [2.24, 2.45) is 11.7 Å². The Labute approximate surface area is 110 Å². The Kier molecular flexibility index (Phi) is 6.43. The van der Waals surface area contributed by atoms with E-state index in [1.165, 1.54) is 5.56 Å². The van der Waals surface area contributed by atoms with Gasteiger partial charge in [0, 0.05) is 22.9 Å². The fourth-order valence-corrected chi connectivity index (χ4v) is 2.90. The van der Waals surface area contributed by atoms with Gasteiger partial charge in [-0.1, -0.05) is 35.0 Å². The fraction of sp³-hybridized carbons (Fsp3) is 0.500. The highest BCUT2D eigenvalue weighted by Gasteiger charge is 2.12. The van der Waals surface area contributed by atoms with Crippen LogP contribution >= 0.6 is 27.7 Å². The number of hydrogen-bond donors (Lipinski definition) is 2. The van der Waals surface area contributed by atoms with Gasteiger partial charge < -0.3 is 10.8 Å². The maximum absolute atomic E-state index is 8.98. The molecule has 0 aromatic heterocycles. The minimum atomic E-state index is 0.239. The van der Waals surface area contributed by atoms with Crippen molar-refractivity contribution >= 4 is 27.7 Å². The van der Waals surface area contributed by atoms with E-state index in [9.17, 15) is 0 Å². The number of benzene rings is 1. The lowest BCUT2D eigenvalue weighted by atomic mass is 10.1. The van der Waals surface area contributed by atoms with Crippen LogP contribution in [0.2, 0.25) is 0 Å². The van der Waals surface area contributed by atoms with E-state index in [0.717, 1.165) is 10.2 Å². The summed E-state index contributed by atoms with van der Waals surface area (Å²) in [5.41, 5.74) is 7.03. The molecule has 0 aliphatic heterocycles. The van der Waals surface area contributed by atoms with Crippen LogP contribution in [-0.4, -0.2) is 24.0 Å². The van der Waals surface area contributed by atoms with Gasteiger partial charge in [-0.3, -0.25) is 0 Å². The maximum atomic E-state index is 8.98. The standard InChI is InChI=1S/C12H18BrNOS/c1-9(7-15)8-16-12(6-14)10-3-2-4-11(13)5-10/h2-5,9,12,15H,6-8,14H2,1H3. The fourth-order valence-electron chi connectivity index (χ4n) is 1.34. The Hall–Kier alpha value is -0.0300. The van der Waals surface area contributed by atoms with Crippen LogP contribution in [0.4, 0.5) is 0 Å². The first-order valence-electron chi connectivity index (χ1n) is 5.35. The van der Waals surface area contributed by atoms with Crippen LogP contribution in [0, 0.1) is 5.92 Å². The molecule has 0 aliphatic rings. The normalized spacial score (nSPS) is 14.8. The van der Waals surface area contributed by atoms with E-state index in [1.807, 2.05) is 30.8 Å². The zero-order valence-corrected chi connectivity index (χ0v) is 11.8. The lowest BCUT2D eigenvalue weighted by molar-refractivity contribution is 0.250. The molecule has 0 amide bonds. The number of rotatable bonds is 6. The quantitative estimate of drug-likeness (QED) is 0.849. The van der Waals surface area contributed by atoms with Crippen molar-refractivity contribution in [3.63, 3.8) is 0 Å². The van der Waals surface area contributed by atoms with Crippen molar-refractivity contribution in [1.82, 2.24) is 0 Å². The van der Waals surface area contributed by atoms with E-state index in [2.05, 4.69) is 28.1 Å². The average Bonchev–Trinajstić information content (AvgIpc) is 2.29. The van der Waals surface area contributed by atoms with Gasteiger partial charge in [-0.15, -0.1) is 0 Å². The van der Waals surface area contributed by atoms with Gasteiger partial charge in [-0.05, 0) is 29.4 Å². The summed E-state index contributed by atoms with van der Waals surface area (Å²) in [4.78, 5) is 0. The molecule has 0 bridgehead atoms. The maximum Gasteiger partial charge on any atom is 0.0464 e. The minimum Gasteiger partial charge on any atom is -0.396 e. The summed E-state index contributed by atoms with van der Waals surface area (Å²) in [7, 11) is 0. The number of thioether (sulfide) groups is 1. The molecule has 0 fully saturated rings. The van der Waals surface area contributed by atoms with Gasteiger partial charge >= 0.3 is 0 Å². The lowest BCUT2D eigenvalue weighted by Crippen LogP contribution is -2.12. The Bertz CT molecular complexity index is 322. The summed E-state index contributed by atoms with van der Waals surface area (Å²) in [6, 6.07) is 8.24. The van der Waals surface area contributed by atoms with Gasteiger partial charge in [0.25, 0.3) is 0 Å². The smallest absolute Gasteiger partial charge is 0.0464 e. The highest BCUT2D eigenvalue weighted by molar-refractivity contribution is 9.10. The lowest BCUT2D eigenvalue weighted by Gasteiger charge is -2.17. The number of hydrogen-bond acceptors (Lipinski definition) is 3. The second kappa shape index (κ2) is 7.33. The molecule has 2 nitrogen and oxygen atoms in total. The number of aliphatic hydroxyl groups excluding tert-OH is 1. The largest absolute Gasteiger partial charge is 0.396 e. The van der Waals surface area contributed by atoms with Crippen molar-refractivity contribution < 1.29 is 5.11 Å². The second-order valence-corrected chi connectivity index (χ2v) is 6.05. The third-order valence-corrected chi connectivity index (χ3v) is 4.45. The average molecular weight is 304 g/mol. The van der Waals surface area contributed by atoms with Gasteiger partial charge in [0.05, 0.1) is 0 Å². The van der Waals surface area contributed by atoms with Crippen molar-refractivity contribution in [1.29, 1.82) is 0 Å². The van der Waals surface area contributed by atoms with E-state index < -0.39 is 0 Å². The molecule has 3 N–H and O–H groups in total. The van der Waals surface area contributed by atoms with Crippen LogP contribution in [0.1, 0.15) is 17.7 Å². The molecule has 0 saturated heterocycles. The van der Waals surface area contributed by atoms with Crippen LogP contribution in [0.5, 0.6) is 0 Å². The predicted molar refractivity (Wildman–Crippen MR) is 74.6 cm³/mol. The van der Waals surface area contributed by atoms with E-state index in [0.29, 0.717) is 17.7 Å². The van der Waals surface area contributed by atoms with Crippen LogP contribution in [0.3, 0.4) is 0 Å². The summed E-state index contributed by atoms with van der Waals surface area (Å²) in [5.74, 6) is 1.26. The number of halogens is 1. The summed E-state index contributed by atoms with van der Waals surface area (Å²) in [6.45, 7) is 2.91. The molecule has 0 saturated carbocycles. The first kappa shape index (κ1) is 14.0. The molecular weight excluding hydrogens is 286 g/mol. The summed E-state index contributed by atoms with van der Waals surface area (Å²) in [6.07, 6.45) is 0. The highest BCUT2D eigenvalue weighted by Crippen LogP contribution is 2.30. The van der Waals surface area contributed by atoms with Crippen molar-refractivity contribution in [3.8, 4) is 0 Å². The van der Waals surface area contributed by atoms with Gasteiger partial charge in [-0.2, -0.15) is 11.8 Å². The first-order chi connectivity index (χ1) is 7.67. The molecular formula is C12H18BrNOS. The molecule has 4 heteroatoms. The van der Waals surface area contributed by atoms with Crippen LogP contribution in [0.15, 0.2) is 28.7 Å². The number of aliphatic hydroxyl groups is 1. The van der Waals surface area contributed by atoms with E-state index in [4.69, 9.17) is 10.8 Å². The molecule has 0 heterocycles. The Morgan fingerprint density at radius 1 is 1.50 bits per heavy atom. The van der Waals surface area contributed by atoms with Crippen molar-refractivity contribution in [2.45, 2.75) is 12.2 Å². The topological polar surface area (TPSA) is 46.2 Å².